The van der Waals surface area contributed by atoms with E-state index in [9.17, 15) is 9.90 Å². The summed E-state index contributed by atoms with van der Waals surface area (Å²) in [7, 11) is 3.21. The van der Waals surface area contributed by atoms with Crippen LogP contribution in [0.2, 0.25) is 10.0 Å². The minimum Gasteiger partial charge on any atom is -0.494 e. The van der Waals surface area contributed by atoms with Crippen LogP contribution in [-0.2, 0) is 0 Å². The number of carbonyl (C=O) groups excluding carboxylic acids is 1. The van der Waals surface area contributed by atoms with Crippen LogP contribution in [0.5, 0.6) is 5.75 Å². The lowest BCUT2D eigenvalue weighted by atomic mass is 9.86. The Balaban J connectivity index is 2.10. The maximum Gasteiger partial charge on any atom is 0.253 e. The second kappa shape index (κ2) is 7.53. The second-order valence-electron chi connectivity index (χ2n) is 5.77. The third kappa shape index (κ3) is 3.86. The molecule has 1 amide bonds. The monoisotopic (exact) mass is 345 g/mol. The van der Waals surface area contributed by atoms with Crippen LogP contribution in [0, 0.1) is 5.92 Å². The van der Waals surface area contributed by atoms with E-state index in [1.807, 2.05) is 0 Å². The van der Waals surface area contributed by atoms with E-state index in [-0.39, 0.29) is 17.9 Å². The van der Waals surface area contributed by atoms with Gasteiger partial charge in [-0.05, 0) is 25.0 Å². The molecule has 1 aliphatic carbocycles. The van der Waals surface area contributed by atoms with Gasteiger partial charge in [-0.3, -0.25) is 4.79 Å². The van der Waals surface area contributed by atoms with E-state index in [0.717, 1.165) is 25.7 Å². The fourth-order valence-corrected chi connectivity index (χ4v) is 3.58. The predicted octanol–water partition coefficient (Wildman–Crippen LogP) is 3.63. The van der Waals surface area contributed by atoms with Crippen molar-refractivity contribution in [2.24, 2.45) is 5.92 Å². The Morgan fingerprint density at radius 2 is 1.91 bits per heavy atom. The number of hydrogen-bond donors (Lipinski definition) is 1. The quantitative estimate of drug-likeness (QED) is 0.906. The number of hydrogen-bond acceptors (Lipinski definition) is 3. The van der Waals surface area contributed by atoms with E-state index < -0.39 is 0 Å². The van der Waals surface area contributed by atoms with Gasteiger partial charge in [0.2, 0.25) is 0 Å². The van der Waals surface area contributed by atoms with Crippen molar-refractivity contribution in [1.29, 1.82) is 0 Å². The zero-order valence-electron chi connectivity index (χ0n) is 12.8. The number of methoxy groups -OCH3 is 1. The Bertz CT molecular complexity index is 527. The number of amides is 1. The molecule has 0 spiro atoms. The van der Waals surface area contributed by atoms with Gasteiger partial charge in [-0.2, -0.15) is 0 Å². The van der Waals surface area contributed by atoms with Gasteiger partial charge < -0.3 is 14.7 Å². The van der Waals surface area contributed by atoms with Gasteiger partial charge in [0.15, 0.2) is 5.75 Å². The van der Waals surface area contributed by atoms with Crippen LogP contribution in [0.25, 0.3) is 0 Å². The molecular formula is C16H21Cl2NO3. The molecule has 0 radical (unpaired) electrons. The molecule has 122 valence electrons. The standard InChI is InChI=1S/C16H21Cl2NO3/c1-19(9-10-5-3-4-6-14(10)20)16(21)11-7-12(17)15(22-2)13(18)8-11/h7-8,10,14,20H,3-6,9H2,1-2H3. The van der Waals surface area contributed by atoms with Crippen molar-refractivity contribution < 1.29 is 14.6 Å². The molecule has 0 saturated heterocycles. The number of aliphatic hydroxyl groups is 1. The van der Waals surface area contributed by atoms with Crippen molar-refractivity contribution in [1.82, 2.24) is 4.90 Å². The van der Waals surface area contributed by atoms with Gasteiger partial charge in [0.1, 0.15) is 0 Å². The molecule has 2 unspecified atom stereocenters. The highest BCUT2D eigenvalue weighted by Crippen LogP contribution is 2.34. The summed E-state index contributed by atoms with van der Waals surface area (Å²) in [4.78, 5) is 14.1. The summed E-state index contributed by atoms with van der Waals surface area (Å²) in [5.41, 5.74) is 0.420. The molecule has 1 fully saturated rings. The zero-order chi connectivity index (χ0) is 16.3. The average Bonchev–Trinajstić information content (AvgIpc) is 2.48. The molecule has 4 nitrogen and oxygen atoms in total. The number of ether oxygens (including phenoxy) is 1. The van der Waals surface area contributed by atoms with E-state index in [2.05, 4.69) is 0 Å². The Kier molecular flexibility index (Phi) is 5.95. The zero-order valence-corrected chi connectivity index (χ0v) is 14.3. The van der Waals surface area contributed by atoms with E-state index in [1.165, 1.54) is 7.11 Å². The molecule has 0 aromatic heterocycles. The van der Waals surface area contributed by atoms with Gasteiger partial charge in [-0.1, -0.05) is 36.0 Å². The molecule has 0 bridgehead atoms. The molecule has 1 aromatic carbocycles. The van der Waals surface area contributed by atoms with E-state index in [4.69, 9.17) is 27.9 Å². The Morgan fingerprint density at radius 3 is 2.45 bits per heavy atom. The van der Waals surface area contributed by atoms with Crippen molar-refractivity contribution in [3.8, 4) is 5.75 Å². The number of aliphatic hydroxyl groups excluding tert-OH is 1. The first-order valence-corrected chi connectivity index (χ1v) is 8.16. The summed E-state index contributed by atoms with van der Waals surface area (Å²) in [6.07, 6.45) is 3.59. The van der Waals surface area contributed by atoms with Crippen LogP contribution >= 0.6 is 23.2 Å². The molecule has 1 N–H and O–H groups in total. The van der Waals surface area contributed by atoms with Crippen LogP contribution in [0.4, 0.5) is 0 Å². The molecule has 0 aliphatic heterocycles. The lowest BCUT2D eigenvalue weighted by molar-refractivity contribution is 0.0451. The molecule has 1 aliphatic rings. The van der Waals surface area contributed by atoms with Gasteiger partial charge in [0.05, 0.1) is 23.3 Å². The minimum absolute atomic E-state index is 0.131. The van der Waals surface area contributed by atoms with Crippen molar-refractivity contribution in [2.75, 3.05) is 20.7 Å². The van der Waals surface area contributed by atoms with Crippen molar-refractivity contribution in [2.45, 2.75) is 31.8 Å². The molecule has 1 aromatic rings. The van der Waals surface area contributed by atoms with Gasteiger partial charge >= 0.3 is 0 Å². The molecule has 6 heteroatoms. The fraction of sp³-hybridized carbons (Fsp3) is 0.562. The number of rotatable bonds is 4. The highest BCUT2D eigenvalue weighted by Gasteiger charge is 2.26. The summed E-state index contributed by atoms with van der Waals surface area (Å²) in [5.74, 6) is 0.335. The lowest BCUT2D eigenvalue weighted by Crippen LogP contribution is -2.38. The molecule has 0 heterocycles. The van der Waals surface area contributed by atoms with Crippen LogP contribution < -0.4 is 4.74 Å². The van der Waals surface area contributed by atoms with Gasteiger partial charge in [0, 0.05) is 25.1 Å². The first-order valence-electron chi connectivity index (χ1n) is 7.40. The maximum atomic E-state index is 12.5. The second-order valence-corrected chi connectivity index (χ2v) is 6.59. The third-order valence-electron chi connectivity index (χ3n) is 4.17. The summed E-state index contributed by atoms with van der Waals surface area (Å²) < 4.78 is 5.08. The normalized spacial score (nSPS) is 21.5. The molecular weight excluding hydrogens is 325 g/mol. The highest BCUT2D eigenvalue weighted by molar-refractivity contribution is 6.37. The average molecular weight is 346 g/mol. The number of halogens is 2. The Labute approximate surface area is 141 Å². The smallest absolute Gasteiger partial charge is 0.253 e. The SMILES string of the molecule is COc1c(Cl)cc(C(=O)N(C)CC2CCCCC2O)cc1Cl. The molecule has 1 saturated carbocycles. The van der Waals surface area contributed by atoms with Gasteiger partial charge in [0.25, 0.3) is 5.91 Å². The van der Waals surface area contributed by atoms with Crippen molar-refractivity contribution >= 4 is 29.1 Å². The van der Waals surface area contributed by atoms with E-state index >= 15 is 0 Å². The van der Waals surface area contributed by atoms with Gasteiger partial charge in [-0.25, -0.2) is 0 Å². The third-order valence-corrected chi connectivity index (χ3v) is 4.73. The number of nitrogens with zero attached hydrogens (tertiary/aromatic N) is 1. The fourth-order valence-electron chi connectivity index (χ4n) is 2.93. The van der Waals surface area contributed by atoms with Crippen LogP contribution in [0.15, 0.2) is 12.1 Å². The van der Waals surface area contributed by atoms with Crippen molar-refractivity contribution in [3.63, 3.8) is 0 Å². The largest absolute Gasteiger partial charge is 0.494 e. The number of carbonyl (C=O) groups is 1. The van der Waals surface area contributed by atoms with E-state index in [0.29, 0.717) is 27.9 Å². The Hall–Kier alpha value is -0.970. The Morgan fingerprint density at radius 1 is 1.32 bits per heavy atom. The predicted molar refractivity (Wildman–Crippen MR) is 87.9 cm³/mol. The van der Waals surface area contributed by atoms with Crippen molar-refractivity contribution in [3.05, 3.63) is 27.7 Å². The van der Waals surface area contributed by atoms with Crippen LogP contribution in [0.3, 0.4) is 0 Å². The summed E-state index contributed by atoms with van der Waals surface area (Å²) in [6.45, 7) is 0.529. The molecule has 2 atom stereocenters. The first kappa shape index (κ1) is 17.4. The minimum atomic E-state index is -0.327. The van der Waals surface area contributed by atoms with Crippen LogP contribution in [-0.4, -0.2) is 42.7 Å². The topological polar surface area (TPSA) is 49.8 Å². The molecule has 22 heavy (non-hydrogen) atoms. The van der Waals surface area contributed by atoms with Crippen LogP contribution in [0.1, 0.15) is 36.0 Å². The number of benzene rings is 1. The maximum absolute atomic E-state index is 12.5. The summed E-state index contributed by atoms with van der Waals surface area (Å²) >= 11 is 12.2. The van der Waals surface area contributed by atoms with Gasteiger partial charge in [-0.15, -0.1) is 0 Å². The molecule has 2 rings (SSSR count). The highest BCUT2D eigenvalue weighted by atomic mass is 35.5. The lowest BCUT2D eigenvalue weighted by Gasteiger charge is -2.31. The first-order chi connectivity index (χ1) is 10.4. The summed E-state index contributed by atoms with van der Waals surface area (Å²) in [6, 6.07) is 3.12. The summed E-state index contributed by atoms with van der Waals surface area (Å²) in [5, 5.41) is 10.6. The van der Waals surface area contributed by atoms with E-state index in [1.54, 1.807) is 24.1 Å².